The van der Waals surface area contributed by atoms with E-state index in [0.717, 1.165) is 56.8 Å². The van der Waals surface area contributed by atoms with Crippen molar-refractivity contribution < 1.29 is 13.1 Å². The fourth-order valence-corrected chi connectivity index (χ4v) is 3.28. The molecule has 0 spiro atoms. The Balaban J connectivity index is 0.00000107. The summed E-state index contributed by atoms with van der Waals surface area (Å²) < 4.78 is 3.95. The summed E-state index contributed by atoms with van der Waals surface area (Å²) in [6.45, 7) is 12.1. The molecule has 168 valence electrons. The fraction of sp³-hybridized carbons (Fsp3) is 0.364. The minimum atomic E-state index is 0.194. The second-order valence-electron chi connectivity index (χ2n) is 7.35. The molecule has 3 aromatic heterocycles. The Kier molecular flexibility index (Phi) is 9.07. The van der Waals surface area contributed by atoms with Crippen LogP contribution in [0.5, 0.6) is 0 Å². The number of nitrogens with zero attached hydrogens (tertiary/aromatic N) is 6. The maximum absolute atomic E-state index is 4.85. The zero-order valence-corrected chi connectivity index (χ0v) is 21.7. The summed E-state index contributed by atoms with van der Waals surface area (Å²) >= 11 is 0.194. The maximum atomic E-state index is 4.85. The van der Waals surface area contributed by atoms with Gasteiger partial charge in [-0.1, -0.05) is 6.07 Å². The first-order chi connectivity index (χ1) is 14.6. The average molecular weight is 503 g/mol. The van der Waals surface area contributed by atoms with Gasteiger partial charge in [-0.15, -0.1) is 0 Å². The SMILES string of the molecule is CC(=Nc1c(C)cn(C)c1C)c1cccc(C(C)=Nc2c(C)nn(C)c2C)n1.[Cl][Fe][Cl]. The van der Waals surface area contributed by atoms with Crippen molar-refractivity contribution in [1.29, 1.82) is 0 Å². The monoisotopic (exact) mass is 502 g/mol. The number of pyridine rings is 1. The van der Waals surface area contributed by atoms with Crippen LogP contribution in [0, 0.1) is 27.7 Å². The van der Waals surface area contributed by atoms with Crippen LogP contribution in [0.25, 0.3) is 0 Å². The summed E-state index contributed by atoms with van der Waals surface area (Å²) in [4.78, 5) is 14.4. The second kappa shape index (κ2) is 11.1. The third-order valence-corrected chi connectivity index (χ3v) is 5.15. The van der Waals surface area contributed by atoms with Gasteiger partial charge in [0.25, 0.3) is 0 Å². The van der Waals surface area contributed by atoms with Crippen molar-refractivity contribution in [1.82, 2.24) is 19.3 Å². The molecule has 9 heteroatoms. The number of aliphatic imine (C=N–C) groups is 2. The van der Waals surface area contributed by atoms with Gasteiger partial charge in [0.05, 0.1) is 39.9 Å². The summed E-state index contributed by atoms with van der Waals surface area (Å²) in [6.07, 6.45) is 2.10. The zero-order chi connectivity index (χ0) is 23.3. The van der Waals surface area contributed by atoms with Crippen molar-refractivity contribution in [2.45, 2.75) is 41.5 Å². The number of rotatable bonds is 4. The van der Waals surface area contributed by atoms with E-state index < -0.39 is 0 Å². The minimum absolute atomic E-state index is 0.194. The van der Waals surface area contributed by atoms with Gasteiger partial charge in [-0.05, 0) is 59.2 Å². The normalized spacial score (nSPS) is 12.2. The van der Waals surface area contributed by atoms with Gasteiger partial charge in [-0.3, -0.25) is 4.68 Å². The van der Waals surface area contributed by atoms with E-state index in [1.807, 2.05) is 64.7 Å². The van der Waals surface area contributed by atoms with Gasteiger partial charge in [-0.25, -0.2) is 15.0 Å². The third-order valence-electron chi connectivity index (χ3n) is 5.15. The number of aromatic nitrogens is 4. The molecule has 0 saturated heterocycles. The Hall–Kier alpha value is -1.92. The topological polar surface area (TPSA) is 60.4 Å². The molecule has 0 saturated carbocycles. The number of hydrogen-bond acceptors (Lipinski definition) is 4. The molecule has 0 aromatic carbocycles. The summed E-state index contributed by atoms with van der Waals surface area (Å²) in [5.41, 5.74) is 9.65. The van der Waals surface area contributed by atoms with Crippen LogP contribution in [0.2, 0.25) is 0 Å². The molecule has 31 heavy (non-hydrogen) atoms. The molecule has 0 N–H and O–H groups in total. The van der Waals surface area contributed by atoms with E-state index in [9.17, 15) is 0 Å². The predicted molar refractivity (Wildman–Crippen MR) is 127 cm³/mol. The first kappa shape index (κ1) is 25.3. The van der Waals surface area contributed by atoms with Crippen molar-refractivity contribution in [2.24, 2.45) is 24.1 Å². The van der Waals surface area contributed by atoms with Crippen LogP contribution in [0.15, 0.2) is 34.4 Å². The number of hydrogen-bond donors (Lipinski definition) is 0. The van der Waals surface area contributed by atoms with Crippen molar-refractivity contribution in [3.63, 3.8) is 0 Å². The molecule has 0 amide bonds. The molecular formula is C22H28Cl2FeN6. The van der Waals surface area contributed by atoms with Crippen molar-refractivity contribution >= 4 is 43.0 Å². The van der Waals surface area contributed by atoms with E-state index in [1.165, 1.54) is 0 Å². The first-order valence-electron chi connectivity index (χ1n) is 9.67. The predicted octanol–water partition coefficient (Wildman–Crippen LogP) is 6.05. The molecule has 6 nitrogen and oxygen atoms in total. The van der Waals surface area contributed by atoms with Gasteiger partial charge >= 0.3 is 33.3 Å². The van der Waals surface area contributed by atoms with Crippen LogP contribution in [-0.2, 0) is 27.2 Å². The molecule has 0 aliphatic heterocycles. The van der Waals surface area contributed by atoms with Crippen LogP contribution < -0.4 is 0 Å². The van der Waals surface area contributed by atoms with Crippen LogP contribution >= 0.6 is 20.2 Å². The average Bonchev–Trinajstić information content (AvgIpc) is 3.11. The number of aryl methyl sites for hydroxylation is 4. The molecule has 0 atom stereocenters. The molecule has 0 unspecified atom stereocenters. The summed E-state index contributed by atoms with van der Waals surface area (Å²) in [6, 6.07) is 5.98. The third kappa shape index (κ3) is 6.07. The second-order valence-corrected chi connectivity index (χ2v) is 9.18. The van der Waals surface area contributed by atoms with Crippen LogP contribution in [0.4, 0.5) is 11.4 Å². The molecule has 3 heterocycles. The first-order valence-corrected chi connectivity index (χ1v) is 12.7. The van der Waals surface area contributed by atoms with Crippen LogP contribution in [0.1, 0.15) is 47.9 Å². The molecule has 3 rings (SSSR count). The molecule has 0 bridgehead atoms. The van der Waals surface area contributed by atoms with E-state index in [2.05, 4.69) is 29.7 Å². The number of halogens is 2. The molecule has 0 aliphatic rings. The Morgan fingerprint density at radius 2 is 1.42 bits per heavy atom. The van der Waals surface area contributed by atoms with Gasteiger partial charge < -0.3 is 4.57 Å². The van der Waals surface area contributed by atoms with Gasteiger partial charge in [0.2, 0.25) is 0 Å². The fourth-order valence-electron chi connectivity index (χ4n) is 3.28. The van der Waals surface area contributed by atoms with Crippen molar-refractivity contribution in [3.05, 3.63) is 58.4 Å². The van der Waals surface area contributed by atoms with Crippen LogP contribution in [-0.4, -0.2) is 30.8 Å². The Morgan fingerprint density at radius 3 is 1.84 bits per heavy atom. The molecular weight excluding hydrogens is 475 g/mol. The Morgan fingerprint density at radius 1 is 0.903 bits per heavy atom. The van der Waals surface area contributed by atoms with E-state index >= 15 is 0 Å². The summed E-state index contributed by atoms with van der Waals surface area (Å²) in [7, 11) is 13.5. The quantitative estimate of drug-likeness (QED) is 0.322. The van der Waals surface area contributed by atoms with Gasteiger partial charge in [-0.2, -0.15) is 5.10 Å². The van der Waals surface area contributed by atoms with E-state index in [-0.39, 0.29) is 13.1 Å². The van der Waals surface area contributed by atoms with E-state index in [4.69, 9.17) is 35.2 Å². The Labute approximate surface area is 199 Å². The van der Waals surface area contributed by atoms with Gasteiger partial charge in [0.15, 0.2) is 0 Å². The molecule has 3 aromatic rings. The zero-order valence-electron chi connectivity index (χ0n) is 19.1. The standard InChI is InChI=1S/C22H28N6.2ClH.Fe/c1-13-12-27(7)17(5)21(13)23-14(2)19-10-9-11-20(25-19)15(3)24-22-16(4)26-28(8)18(22)6;;;/h9-12H,1-8H3;2*1H;/q;;;+2/p-2. The Bertz CT molecular complexity index is 1040. The van der Waals surface area contributed by atoms with Crippen molar-refractivity contribution in [2.75, 3.05) is 0 Å². The van der Waals surface area contributed by atoms with Crippen LogP contribution in [0.3, 0.4) is 0 Å². The summed E-state index contributed by atoms with van der Waals surface area (Å²) in [5.74, 6) is 0. The van der Waals surface area contributed by atoms with Gasteiger partial charge in [0.1, 0.15) is 5.69 Å². The molecule has 0 radical (unpaired) electrons. The van der Waals surface area contributed by atoms with Gasteiger partial charge in [0, 0.05) is 26.0 Å². The molecule has 0 fully saturated rings. The van der Waals surface area contributed by atoms with Crippen molar-refractivity contribution in [3.8, 4) is 0 Å². The van der Waals surface area contributed by atoms with E-state index in [1.54, 1.807) is 0 Å². The summed E-state index contributed by atoms with van der Waals surface area (Å²) in [5, 5.41) is 4.44. The van der Waals surface area contributed by atoms with E-state index in [0.29, 0.717) is 0 Å². The molecule has 0 aliphatic carbocycles.